The molecule has 54 valence electrons. The summed E-state index contributed by atoms with van der Waals surface area (Å²) >= 11 is 0. The van der Waals surface area contributed by atoms with E-state index in [1.807, 2.05) is 0 Å². The number of carbonyl (C=O) groups excluding carboxylic acids is 1. The molecule has 4 nitrogen and oxygen atoms in total. The number of aryl methyl sites for hydroxylation is 1. The Morgan fingerprint density at radius 3 is 2.60 bits per heavy atom. The molecular formula is C6H9N3O. The van der Waals surface area contributed by atoms with E-state index in [1.54, 1.807) is 7.05 Å². The number of hydrogen-bond acceptors (Lipinski definition) is 3. The maximum absolute atomic E-state index is 10.7. The molecule has 2 N–H and O–H groups in total. The van der Waals surface area contributed by atoms with Crippen LogP contribution in [0.3, 0.4) is 0 Å². The van der Waals surface area contributed by atoms with E-state index >= 15 is 0 Å². The van der Waals surface area contributed by atoms with Crippen LogP contribution in [0.1, 0.15) is 17.3 Å². The summed E-state index contributed by atoms with van der Waals surface area (Å²) in [6, 6.07) is 0. The summed E-state index contributed by atoms with van der Waals surface area (Å²) in [4.78, 5) is 10.7. The fraction of sp³-hybridized carbons (Fsp3) is 0.333. The van der Waals surface area contributed by atoms with E-state index < -0.39 is 0 Å². The summed E-state index contributed by atoms with van der Waals surface area (Å²) in [5.74, 6) is 0.373. The number of nitrogen functional groups attached to an aromatic ring is 1. The molecule has 0 aliphatic rings. The average Bonchev–Trinajstić information content (AvgIpc) is 2.14. The van der Waals surface area contributed by atoms with E-state index in [0.29, 0.717) is 11.4 Å². The monoisotopic (exact) mass is 139 g/mol. The van der Waals surface area contributed by atoms with Crippen LogP contribution >= 0.6 is 0 Å². The topological polar surface area (TPSA) is 60.9 Å². The fourth-order valence-corrected chi connectivity index (χ4v) is 0.718. The number of aromatic nitrogens is 2. The summed E-state index contributed by atoms with van der Waals surface area (Å²) in [6.07, 6.45) is 1.47. The van der Waals surface area contributed by atoms with Gasteiger partial charge >= 0.3 is 0 Å². The van der Waals surface area contributed by atoms with Crippen LogP contribution in [-0.2, 0) is 7.05 Å². The fourth-order valence-electron chi connectivity index (χ4n) is 0.718. The Hall–Kier alpha value is -1.32. The summed E-state index contributed by atoms with van der Waals surface area (Å²) in [6.45, 7) is 1.47. The minimum Gasteiger partial charge on any atom is -0.383 e. The van der Waals surface area contributed by atoms with Gasteiger partial charge in [0.1, 0.15) is 5.82 Å². The van der Waals surface area contributed by atoms with Gasteiger partial charge in [0, 0.05) is 7.05 Å². The smallest absolute Gasteiger partial charge is 0.165 e. The van der Waals surface area contributed by atoms with Gasteiger partial charge in [-0.3, -0.25) is 9.48 Å². The molecule has 1 aromatic rings. The van der Waals surface area contributed by atoms with E-state index in [0.717, 1.165) is 0 Å². The third-order valence-electron chi connectivity index (χ3n) is 1.36. The van der Waals surface area contributed by atoms with Gasteiger partial charge in [-0.15, -0.1) is 0 Å². The molecule has 0 atom stereocenters. The maximum Gasteiger partial charge on any atom is 0.165 e. The lowest BCUT2D eigenvalue weighted by molar-refractivity contribution is 0.101. The third kappa shape index (κ3) is 0.877. The molecule has 0 saturated carbocycles. The minimum atomic E-state index is -0.0504. The number of rotatable bonds is 1. The molecule has 0 radical (unpaired) electrons. The van der Waals surface area contributed by atoms with Gasteiger partial charge in [-0.05, 0) is 6.92 Å². The summed E-state index contributed by atoms with van der Waals surface area (Å²) < 4.78 is 1.47. The second kappa shape index (κ2) is 2.13. The largest absolute Gasteiger partial charge is 0.383 e. The van der Waals surface area contributed by atoms with Crippen molar-refractivity contribution in [3.05, 3.63) is 11.8 Å². The van der Waals surface area contributed by atoms with Crippen LogP contribution in [0.25, 0.3) is 0 Å². The van der Waals surface area contributed by atoms with E-state index in [9.17, 15) is 4.79 Å². The molecule has 0 aromatic carbocycles. The highest BCUT2D eigenvalue weighted by molar-refractivity contribution is 5.98. The summed E-state index contributed by atoms with van der Waals surface area (Å²) in [5.41, 5.74) is 5.97. The molecule has 0 amide bonds. The van der Waals surface area contributed by atoms with Crippen molar-refractivity contribution < 1.29 is 4.79 Å². The van der Waals surface area contributed by atoms with Crippen molar-refractivity contribution in [2.24, 2.45) is 7.05 Å². The van der Waals surface area contributed by atoms with Crippen LogP contribution in [0.4, 0.5) is 5.82 Å². The first-order valence-corrected chi connectivity index (χ1v) is 2.91. The Kier molecular flexibility index (Phi) is 1.45. The molecule has 1 heterocycles. The third-order valence-corrected chi connectivity index (χ3v) is 1.36. The van der Waals surface area contributed by atoms with Gasteiger partial charge < -0.3 is 5.73 Å². The number of anilines is 1. The number of Topliss-reactive ketones (excluding diaryl/α,β-unsaturated/α-hetero) is 1. The molecule has 1 rings (SSSR count). The van der Waals surface area contributed by atoms with Crippen LogP contribution in [0.15, 0.2) is 6.20 Å². The van der Waals surface area contributed by atoms with Crippen molar-refractivity contribution in [3.8, 4) is 0 Å². The zero-order valence-electron chi connectivity index (χ0n) is 5.96. The highest BCUT2D eigenvalue weighted by atomic mass is 16.1. The number of nitrogens with zero attached hydrogens (tertiary/aromatic N) is 2. The van der Waals surface area contributed by atoms with Crippen LogP contribution in [0.2, 0.25) is 0 Å². The molecule has 0 spiro atoms. The van der Waals surface area contributed by atoms with Gasteiger partial charge in [-0.2, -0.15) is 5.10 Å². The Bertz CT molecular complexity index is 264. The molecule has 0 unspecified atom stereocenters. The van der Waals surface area contributed by atoms with E-state index in [1.165, 1.54) is 17.8 Å². The molecule has 4 heteroatoms. The van der Waals surface area contributed by atoms with E-state index in [4.69, 9.17) is 5.73 Å². The number of carbonyl (C=O) groups is 1. The molecule has 0 aliphatic carbocycles. The van der Waals surface area contributed by atoms with Crippen LogP contribution in [-0.4, -0.2) is 15.6 Å². The number of nitrogens with two attached hydrogens (primary N) is 1. The average molecular weight is 139 g/mol. The predicted octanol–water partition coefficient (Wildman–Crippen LogP) is 0.205. The quantitative estimate of drug-likeness (QED) is 0.565. The molecule has 0 fully saturated rings. The van der Waals surface area contributed by atoms with Crippen LogP contribution < -0.4 is 5.73 Å². The molecule has 0 aliphatic heterocycles. The van der Waals surface area contributed by atoms with Gasteiger partial charge in [0.05, 0.1) is 11.8 Å². The lowest BCUT2D eigenvalue weighted by Crippen LogP contribution is -2.01. The van der Waals surface area contributed by atoms with Crippen molar-refractivity contribution in [2.75, 3.05) is 5.73 Å². The van der Waals surface area contributed by atoms with Gasteiger partial charge in [0.2, 0.25) is 0 Å². The number of hydrogen-bond donors (Lipinski definition) is 1. The summed E-state index contributed by atoms with van der Waals surface area (Å²) in [7, 11) is 1.70. The second-order valence-corrected chi connectivity index (χ2v) is 2.12. The highest BCUT2D eigenvalue weighted by Crippen LogP contribution is 2.08. The van der Waals surface area contributed by atoms with Gasteiger partial charge in [0.15, 0.2) is 5.78 Å². The normalized spacial score (nSPS) is 9.80. The minimum absolute atomic E-state index is 0.0504. The maximum atomic E-state index is 10.7. The lowest BCUT2D eigenvalue weighted by atomic mass is 10.2. The zero-order valence-corrected chi connectivity index (χ0v) is 5.96. The second-order valence-electron chi connectivity index (χ2n) is 2.12. The van der Waals surface area contributed by atoms with Crippen LogP contribution in [0, 0.1) is 0 Å². The van der Waals surface area contributed by atoms with Crippen molar-refractivity contribution in [2.45, 2.75) is 6.92 Å². The number of ketones is 1. The first kappa shape index (κ1) is 6.80. The molecule has 1 aromatic heterocycles. The van der Waals surface area contributed by atoms with E-state index in [-0.39, 0.29) is 5.78 Å². The Labute approximate surface area is 58.6 Å². The van der Waals surface area contributed by atoms with Gasteiger partial charge in [0.25, 0.3) is 0 Å². The first-order valence-electron chi connectivity index (χ1n) is 2.91. The van der Waals surface area contributed by atoms with Gasteiger partial charge in [-0.1, -0.05) is 0 Å². The summed E-state index contributed by atoms with van der Waals surface area (Å²) in [5, 5.41) is 3.81. The molecule has 10 heavy (non-hydrogen) atoms. The predicted molar refractivity (Wildman–Crippen MR) is 37.6 cm³/mol. The van der Waals surface area contributed by atoms with Gasteiger partial charge in [-0.25, -0.2) is 0 Å². The van der Waals surface area contributed by atoms with Crippen molar-refractivity contribution in [1.29, 1.82) is 0 Å². The lowest BCUT2D eigenvalue weighted by Gasteiger charge is -1.93. The molecule has 0 saturated heterocycles. The highest BCUT2D eigenvalue weighted by Gasteiger charge is 2.07. The van der Waals surface area contributed by atoms with Crippen molar-refractivity contribution in [1.82, 2.24) is 9.78 Å². The first-order chi connectivity index (χ1) is 4.63. The van der Waals surface area contributed by atoms with Crippen molar-refractivity contribution in [3.63, 3.8) is 0 Å². The zero-order chi connectivity index (χ0) is 7.72. The Morgan fingerprint density at radius 2 is 2.40 bits per heavy atom. The Morgan fingerprint density at radius 1 is 1.80 bits per heavy atom. The SMILES string of the molecule is CC(=O)c1cnn(C)c1N. The molecular weight excluding hydrogens is 130 g/mol. The van der Waals surface area contributed by atoms with Crippen LogP contribution in [0.5, 0.6) is 0 Å². The van der Waals surface area contributed by atoms with E-state index in [2.05, 4.69) is 5.10 Å². The molecule has 0 bridgehead atoms. The van der Waals surface area contributed by atoms with Crippen molar-refractivity contribution >= 4 is 11.6 Å². The standard InChI is InChI=1S/C6H9N3O/c1-4(10)5-3-8-9(2)6(5)7/h3H,7H2,1-2H3. The Balaban J connectivity index is 3.17.